The Morgan fingerprint density at radius 2 is 2.18 bits per heavy atom. The molecular weight excluding hydrogens is 237 g/mol. The molecular formula is C10H11F3N2O2. The van der Waals surface area contributed by atoms with E-state index in [1.165, 1.54) is 12.1 Å². The summed E-state index contributed by atoms with van der Waals surface area (Å²) in [6.45, 7) is -1.52. The molecule has 0 aliphatic carbocycles. The molecule has 0 radical (unpaired) electrons. The monoisotopic (exact) mass is 248 g/mol. The fourth-order valence-electron chi connectivity index (χ4n) is 1.25. The summed E-state index contributed by atoms with van der Waals surface area (Å²) in [7, 11) is 0. The van der Waals surface area contributed by atoms with E-state index in [9.17, 15) is 18.0 Å². The van der Waals surface area contributed by atoms with Crippen molar-refractivity contribution in [1.82, 2.24) is 9.88 Å². The molecule has 1 N–H and O–H groups in total. The summed E-state index contributed by atoms with van der Waals surface area (Å²) in [6, 6.07) is 3.52. The molecule has 0 bridgehead atoms. The van der Waals surface area contributed by atoms with Gasteiger partial charge in [0.05, 0.1) is 13.2 Å². The molecule has 0 unspecified atom stereocenters. The van der Waals surface area contributed by atoms with E-state index < -0.39 is 31.4 Å². The van der Waals surface area contributed by atoms with Crippen molar-refractivity contribution in [3.63, 3.8) is 0 Å². The van der Waals surface area contributed by atoms with Crippen LogP contribution in [0.25, 0.3) is 0 Å². The second kappa shape index (κ2) is 6.19. The molecule has 0 aromatic carbocycles. The molecule has 1 rings (SSSR count). The minimum Gasteiger partial charge on any atom is -0.395 e. The maximum absolute atomic E-state index is 12.8. The number of hydrogen-bond donors (Lipinski definition) is 1. The van der Waals surface area contributed by atoms with Crippen molar-refractivity contribution in [3.8, 4) is 0 Å². The summed E-state index contributed by atoms with van der Waals surface area (Å²) >= 11 is 0. The Morgan fingerprint density at radius 3 is 2.71 bits per heavy atom. The molecule has 0 saturated carbocycles. The van der Waals surface area contributed by atoms with Crippen LogP contribution in [0.4, 0.5) is 13.2 Å². The maximum Gasteiger partial charge on any atom is 0.272 e. The standard InChI is InChI=1S/C10H11F3N2O2/c11-8(12)6-15(4-5-16)10(17)7-2-1-3-9(13)14-7/h1-3,8,16H,4-6H2. The van der Waals surface area contributed by atoms with E-state index in [4.69, 9.17) is 5.11 Å². The number of halogens is 3. The number of alkyl halides is 2. The van der Waals surface area contributed by atoms with Gasteiger partial charge in [-0.05, 0) is 12.1 Å². The highest BCUT2D eigenvalue weighted by atomic mass is 19.3. The zero-order chi connectivity index (χ0) is 12.8. The number of amides is 1. The predicted molar refractivity (Wildman–Crippen MR) is 53.2 cm³/mol. The summed E-state index contributed by atoms with van der Waals surface area (Å²) in [5.74, 6) is -1.70. The van der Waals surface area contributed by atoms with Gasteiger partial charge in [0, 0.05) is 6.54 Å². The summed E-state index contributed by atoms with van der Waals surface area (Å²) in [5, 5.41) is 8.67. The molecule has 4 nitrogen and oxygen atoms in total. The number of nitrogens with zero attached hydrogens (tertiary/aromatic N) is 2. The Morgan fingerprint density at radius 1 is 1.47 bits per heavy atom. The molecule has 0 saturated heterocycles. The van der Waals surface area contributed by atoms with Crippen molar-refractivity contribution < 1.29 is 23.1 Å². The van der Waals surface area contributed by atoms with Crippen molar-refractivity contribution in [1.29, 1.82) is 0 Å². The van der Waals surface area contributed by atoms with E-state index in [1.807, 2.05) is 0 Å². The van der Waals surface area contributed by atoms with Crippen LogP contribution in [0.5, 0.6) is 0 Å². The molecule has 1 aromatic heterocycles. The van der Waals surface area contributed by atoms with Gasteiger partial charge in [-0.15, -0.1) is 0 Å². The topological polar surface area (TPSA) is 53.4 Å². The van der Waals surface area contributed by atoms with Crippen LogP contribution < -0.4 is 0 Å². The van der Waals surface area contributed by atoms with Gasteiger partial charge in [0.2, 0.25) is 5.95 Å². The normalized spacial score (nSPS) is 10.6. The fourth-order valence-corrected chi connectivity index (χ4v) is 1.25. The first-order valence-electron chi connectivity index (χ1n) is 4.85. The Bertz CT molecular complexity index is 388. The Labute approximate surface area is 95.7 Å². The SMILES string of the molecule is O=C(c1cccc(F)n1)N(CCO)CC(F)F. The van der Waals surface area contributed by atoms with Crippen molar-refractivity contribution in [2.24, 2.45) is 0 Å². The van der Waals surface area contributed by atoms with E-state index >= 15 is 0 Å². The van der Waals surface area contributed by atoms with Crippen molar-refractivity contribution in [2.75, 3.05) is 19.7 Å². The molecule has 0 aliphatic rings. The lowest BCUT2D eigenvalue weighted by Crippen LogP contribution is -2.37. The van der Waals surface area contributed by atoms with Crippen LogP contribution in [0.2, 0.25) is 0 Å². The van der Waals surface area contributed by atoms with Crippen LogP contribution in [0, 0.1) is 5.95 Å². The summed E-state index contributed by atoms with van der Waals surface area (Å²) < 4.78 is 37.1. The fraction of sp³-hybridized carbons (Fsp3) is 0.400. The van der Waals surface area contributed by atoms with Crippen LogP contribution in [-0.4, -0.2) is 47.0 Å². The Balaban J connectivity index is 2.83. The molecule has 0 atom stereocenters. The van der Waals surface area contributed by atoms with E-state index in [1.54, 1.807) is 0 Å². The Kier molecular flexibility index (Phi) is 4.89. The third-order valence-corrected chi connectivity index (χ3v) is 1.95. The number of hydrogen-bond acceptors (Lipinski definition) is 3. The van der Waals surface area contributed by atoms with Gasteiger partial charge in [-0.25, -0.2) is 13.8 Å². The quantitative estimate of drug-likeness (QED) is 0.788. The molecule has 17 heavy (non-hydrogen) atoms. The van der Waals surface area contributed by atoms with E-state index in [0.29, 0.717) is 0 Å². The number of carbonyl (C=O) groups is 1. The smallest absolute Gasteiger partial charge is 0.272 e. The summed E-state index contributed by atoms with van der Waals surface area (Å²) in [6.07, 6.45) is -2.72. The third-order valence-electron chi connectivity index (χ3n) is 1.95. The molecule has 1 heterocycles. The van der Waals surface area contributed by atoms with Gasteiger partial charge in [0.25, 0.3) is 12.3 Å². The molecule has 0 spiro atoms. The lowest BCUT2D eigenvalue weighted by molar-refractivity contribution is 0.0503. The van der Waals surface area contributed by atoms with E-state index in [2.05, 4.69) is 4.98 Å². The molecule has 0 aliphatic heterocycles. The molecule has 0 fully saturated rings. The van der Waals surface area contributed by atoms with Gasteiger partial charge in [-0.2, -0.15) is 4.39 Å². The third kappa shape index (κ3) is 4.03. The molecule has 7 heteroatoms. The van der Waals surface area contributed by atoms with Crippen molar-refractivity contribution in [2.45, 2.75) is 6.43 Å². The van der Waals surface area contributed by atoms with Crippen LogP contribution in [-0.2, 0) is 0 Å². The van der Waals surface area contributed by atoms with Crippen molar-refractivity contribution >= 4 is 5.91 Å². The van der Waals surface area contributed by atoms with Crippen molar-refractivity contribution in [3.05, 3.63) is 29.8 Å². The van der Waals surface area contributed by atoms with Gasteiger partial charge in [0.1, 0.15) is 5.69 Å². The zero-order valence-electron chi connectivity index (χ0n) is 8.81. The Hall–Kier alpha value is -1.63. The van der Waals surface area contributed by atoms with Gasteiger partial charge in [-0.1, -0.05) is 6.07 Å². The first kappa shape index (κ1) is 13.4. The van der Waals surface area contributed by atoms with Gasteiger partial charge < -0.3 is 10.0 Å². The van der Waals surface area contributed by atoms with E-state index in [0.717, 1.165) is 11.0 Å². The predicted octanol–water partition coefficient (Wildman–Crippen LogP) is 0.920. The minimum absolute atomic E-state index is 0.249. The average molecular weight is 248 g/mol. The number of pyridine rings is 1. The molecule has 1 amide bonds. The van der Waals surface area contributed by atoms with E-state index in [-0.39, 0.29) is 12.2 Å². The van der Waals surface area contributed by atoms with Crippen LogP contribution in [0.1, 0.15) is 10.5 Å². The van der Waals surface area contributed by atoms with Gasteiger partial charge in [0.15, 0.2) is 0 Å². The summed E-state index contributed by atoms with van der Waals surface area (Å²) in [4.78, 5) is 15.7. The van der Waals surface area contributed by atoms with Crippen LogP contribution in [0.15, 0.2) is 18.2 Å². The number of aliphatic hydroxyl groups excluding tert-OH is 1. The molecule has 1 aromatic rings. The molecule has 94 valence electrons. The number of carbonyl (C=O) groups excluding carboxylic acids is 1. The lowest BCUT2D eigenvalue weighted by atomic mass is 10.3. The largest absolute Gasteiger partial charge is 0.395 e. The number of aromatic nitrogens is 1. The lowest BCUT2D eigenvalue weighted by Gasteiger charge is -2.20. The maximum atomic E-state index is 12.8. The highest BCUT2D eigenvalue weighted by molar-refractivity contribution is 5.92. The van der Waals surface area contributed by atoms with Gasteiger partial charge in [-0.3, -0.25) is 4.79 Å². The second-order valence-corrected chi connectivity index (χ2v) is 3.21. The highest BCUT2D eigenvalue weighted by Gasteiger charge is 2.20. The second-order valence-electron chi connectivity index (χ2n) is 3.21. The van der Waals surface area contributed by atoms with Crippen LogP contribution in [0.3, 0.4) is 0 Å². The van der Waals surface area contributed by atoms with Crippen LogP contribution >= 0.6 is 0 Å². The summed E-state index contributed by atoms with van der Waals surface area (Å²) in [5.41, 5.74) is -0.265. The highest BCUT2D eigenvalue weighted by Crippen LogP contribution is 2.06. The zero-order valence-corrected chi connectivity index (χ0v) is 8.81. The first-order chi connectivity index (χ1) is 8.04. The number of aliphatic hydroxyl groups is 1. The first-order valence-corrected chi connectivity index (χ1v) is 4.85. The minimum atomic E-state index is -2.72. The van der Waals surface area contributed by atoms with Gasteiger partial charge >= 0.3 is 0 Å². The average Bonchev–Trinajstić information content (AvgIpc) is 2.27. The number of rotatable bonds is 5.